The number of carbonyl (C=O) groups is 1. The zero-order chi connectivity index (χ0) is 25.0. The maximum atomic E-state index is 10.0. The van der Waals surface area contributed by atoms with Crippen molar-refractivity contribution in [3.63, 3.8) is 0 Å². The van der Waals surface area contributed by atoms with Crippen molar-refractivity contribution in [1.82, 2.24) is 4.98 Å². The molecule has 0 spiro atoms. The summed E-state index contributed by atoms with van der Waals surface area (Å²) in [5.41, 5.74) is 7.30. The number of pyridine rings is 1. The quantitative estimate of drug-likeness (QED) is 0.136. The molecule has 185 valence electrons. The van der Waals surface area contributed by atoms with Gasteiger partial charge < -0.3 is 10.1 Å². The van der Waals surface area contributed by atoms with Gasteiger partial charge in [0.1, 0.15) is 0 Å². The molecule has 0 bridgehead atoms. The van der Waals surface area contributed by atoms with Crippen LogP contribution in [0, 0.1) is 19.9 Å². The first-order valence-corrected chi connectivity index (χ1v) is 12.1. The zero-order valence-corrected chi connectivity index (χ0v) is 24.5. The summed E-state index contributed by atoms with van der Waals surface area (Å²) >= 11 is 1.81. The molecule has 3 nitrogen and oxygen atoms in total. The van der Waals surface area contributed by atoms with E-state index in [0.717, 1.165) is 16.8 Å². The average Bonchev–Trinajstić information content (AvgIpc) is 3.16. The van der Waals surface area contributed by atoms with E-state index in [4.69, 9.17) is 10.1 Å². The second-order valence-electron chi connectivity index (χ2n) is 9.67. The molecule has 1 N–H and O–H groups in total. The molecule has 35 heavy (non-hydrogen) atoms. The fourth-order valence-corrected chi connectivity index (χ4v) is 4.91. The second kappa shape index (κ2) is 11.9. The average molecular weight is 663 g/mol. The number of ketones is 1. The molecule has 2 heterocycles. The van der Waals surface area contributed by atoms with Crippen LogP contribution in [0.3, 0.4) is 0 Å². The van der Waals surface area contributed by atoms with Crippen molar-refractivity contribution in [3.05, 3.63) is 89.3 Å². The Hall–Kier alpha value is -2.59. The Kier molecular flexibility index (Phi) is 9.74. The topological polar surface area (TPSA) is 50.2 Å². The summed E-state index contributed by atoms with van der Waals surface area (Å²) in [6, 6.07) is 21.1. The number of benzene rings is 2. The molecule has 1 radical (unpaired) electrons. The predicted octanol–water partition coefficient (Wildman–Crippen LogP) is 8.38. The van der Waals surface area contributed by atoms with Crippen LogP contribution >= 0.6 is 11.3 Å². The number of hydrogen-bond donors (Lipinski definition) is 1. The van der Waals surface area contributed by atoms with Crippen molar-refractivity contribution >= 4 is 27.2 Å². The van der Waals surface area contributed by atoms with Gasteiger partial charge in [0, 0.05) is 47.6 Å². The summed E-state index contributed by atoms with van der Waals surface area (Å²) in [6.45, 7) is 13.8. The van der Waals surface area contributed by atoms with Crippen LogP contribution in [-0.2, 0) is 30.3 Å². The molecule has 0 amide bonds. The molecule has 0 aliphatic carbocycles. The molecule has 0 aliphatic rings. The standard InChI is InChI=1S/C25H24NS.C5H8O2.Ir/c1-16-12-17(2)14-20(13-16)23-24-19(10-11-26-23)15-22(27-24)18-6-8-21(9-7-18)25(3,4)5;1-4(6)3-5(2)7;/h6-13,15H,1-5H3;3,6H,1-2H3;/q-1;;/b;4-3-;. The Bertz CT molecular complexity index is 1320. The van der Waals surface area contributed by atoms with Gasteiger partial charge in [0.05, 0.1) is 5.76 Å². The first-order valence-electron chi connectivity index (χ1n) is 11.3. The van der Waals surface area contributed by atoms with E-state index in [1.54, 1.807) is 0 Å². The third kappa shape index (κ3) is 7.70. The molecule has 0 saturated heterocycles. The number of thiophene rings is 1. The first-order chi connectivity index (χ1) is 15.9. The van der Waals surface area contributed by atoms with Crippen molar-refractivity contribution in [2.24, 2.45) is 0 Å². The Morgan fingerprint density at radius 1 is 1.03 bits per heavy atom. The van der Waals surface area contributed by atoms with Gasteiger partial charge in [-0.2, -0.15) is 0 Å². The summed E-state index contributed by atoms with van der Waals surface area (Å²) < 4.78 is 1.23. The van der Waals surface area contributed by atoms with Crippen LogP contribution in [0.1, 0.15) is 51.3 Å². The van der Waals surface area contributed by atoms with Crippen molar-refractivity contribution in [1.29, 1.82) is 0 Å². The van der Waals surface area contributed by atoms with Gasteiger partial charge in [0.15, 0.2) is 5.78 Å². The van der Waals surface area contributed by atoms with E-state index in [-0.39, 0.29) is 37.1 Å². The number of allylic oxidation sites excluding steroid dienone is 2. The second-order valence-corrected chi connectivity index (χ2v) is 10.7. The summed E-state index contributed by atoms with van der Waals surface area (Å²) in [5, 5.41) is 9.61. The SMILES string of the molecule is CC(=O)/C=C(/C)O.Cc1[c-]c(-c2nccc3cc(-c4ccc(C(C)(C)C)cc4)sc23)cc(C)c1.[Ir]. The number of aromatic nitrogens is 1. The number of aliphatic hydroxyl groups is 1. The van der Waals surface area contributed by atoms with Gasteiger partial charge in [0.2, 0.25) is 0 Å². The van der Waals surface area contributed by atoms with E-state index in [1.165, 1.54) is 51.6 Å². The van der Waals surface area contributed by atoms with Crippen LogP contribution in [-0.4, -0.2) is 15.9 Å². The van der Waals surface area contributed by atoms with Gasteiger partial charge in [-0.1, -0.05) is 58.9 Å². The van der Waals surface area contributed by atoms with Crippen molar-refractivity contribution in [3.8, 4) is 21.7 Å². The zero-order valence-electron chi connectivity index (χ0n) is 21.3. The van der Waals surface area contributed by atoms with Gasteiger partial charge in [-0.25, -0.2) is 0 Å². The van der Waals surface area contributed by atoms with Crippen LogP contribution in [0.5, 0.6) is 0 Å². The number of aliphatic hydroxyl groups excluding tert-OH is 1. The van der Waals surface area contributed by atoms with E-state index in [0.29, 0.717) is 0 Å². The summed E-state index contributed by atoms with van der Waals surface area (Å²) in [4.78, 5) is 16.0. The Morgan fingerprint density at radius 2 is 1.69 bits per heavy atom. The Labute approximate surface area is 226 Å². The van der Waals surface area contributed by atoms with Gasteiger partial charge in [-0.3, -0.25) is 4.79 Å². The third-order valence-corrected chi connectivity index (χ3v) is 6.49. The normalized spacial score (nSPS) is 11.5. The monoisotopic (exact) mass is 663 g/mol. The number of rotatable bonds is 3. The molecule has 0 saturated carbocycles. The largest absolute Gasteiger partial charge is 0.512 e. The molecule has 0 aliphatic heterocycles. The molecule has 2 aromatic heterocycles. The van der Waals surface area contributed by atoms with Crippen molar-refractivity contribution < 1.29 is 30.0 Å². The number of hydrogen-bond acceptors (Lipinski definition) is 4. The summed E-state index contributed by atoms with van der Waals surface area (Å²) in [7, 11) is 0. The van der Waals surface area contributed by atoms with E-state index >= 15 is 0 Å². The summed E-state index contributed by atoms with van der Waals surface area (Å²) in [6.07, 6.45) is 3.07. The molecule has 0 atom stereocenters. The molecule has 2 aromatic carbocycles. The van der Waals surface area contributed by atoms with E-state index in [2.05, 4.69) is 89.2 Å². The minimum Gasteiger partial charge on any atom is -0.512 e. The molecule has 5 heteroatoms. The number of fused-ring (bicyclic) bond motifs is 1. The molecular formula is C30H32IrNO2S-. The minimum atomic E-state index is -0.125. The Balaban J connectivity index is 0.000000476. The van der Waals surface area contributed by atoms with E-state index < -0.39 is 0 Å². The van der Waals surface area contributed by atoms with Crippen molar-refractivity contribution in [2.45, 2.75) is 53.9 Å². The maximum absolute atomic E-state index is 10.0. The predicted molar refractivity (Wildman–Crippen MR) is 145 cm³/mol. The van der Waals surface area contributed by atoms with Crippen LogP contribution in [0.15, 0.2) is 66.6 Å². The number of carbonyl (C=O) groups excluding carboxylic acids is 1. The van der Waals surface area contributed by atoms with E-state index in [1.807, 2.05) is 17.5 Å². The number of nitrogens with zero attached hydrogens (tertiary/aromatic N) is 1. The van der Waals surface area contributed by atoms with Crippen molar-refractivity contribution in [2.75, 3.05) is 0 Å². The molecule has 4 aromatic rings. The first kappa shape index (κ1) is 28.6. The molecule has 0 unspecified atom stereocenters. The smallest absolute Gasteiger partial charge is 0.155 e. The Morgan fingerprint density at radius 3 is 2.20 bits per heavy atom. The maximum Gasteiger partial charge on any atom is 0.155 e. The molecule has 0 fully saturated rings. The fourth-order valence-electron chi connectivity index (χ4n) is 3.75. The van der Waals surface area contributed by atoms with Crippen LogP contribution in [0.4, 0.5) is 0 Å². The number of aryl methyl sites for hydroxylation is 2. The van der Waals surface area contributed by atoms with Crippen LogP contribution < -0.4 is 0 Å². The van der Waals surface area contributed by atoms with Crippen LogP contribution in [0.25, 0.3) is 31.8 Å². The van der Waals surface area contributed by atoms with E-state index in [9.17, 15) is 4.79 Å². The minimum absolute atomic E-state index is 0. The van der Waals surface area contributed by atoms with Gasteiger partial charge >= 0.3 is 0 Å². The molecular weight excluding hydrogens is 631 g/mol. The van der Waals surface area contributed by atoms with Gasteiger partial charge in [-0.05, 0) is 47.9 Å². The fraction of sp³-hybridized carbons (Fsp3) is 0.267. The summed E-state index contributed by atoms with van der Waals surface area (Å²) in [5.74, 6) is -0.0625. The molecule has 4 rings (SSSR count). The third-order valence-electron chi connectivity index (χ3n) is 5.28. The van der Waals surface area contributed by atoms with Crippen LogP contribution in [0.2, 0.25) is 0 Å². The van der Waals surface area contributed by atoms with Gasteiger partial charge in [0.25, 0.3) is 0 Å². The van der Waals surface area contributed by atoms with Gasteiger partial charge in [-0.15, -0.1) is 46.2 Å².